The van der Waals surface area contributed by atoms with Crippen LogP contribution in [0.2, 0.25) is 0 Å². The van der Waals surface area contributed by atoms with Gasteiger partial charge in [0.1, 0.15) is 5.82 Å². The largest absolute Gasteiger partial charge is 0.329 e. The molecule has 1 aromatic carbocycles. The van der Waals surface area contributed by atoms with E-state index in [0.717, 1.165) is 25.1 Å². The molecule has 0 aromatic heterocycles. The molecule has 2 N–H and O–H groups in total. The number of hydrogen-bond donors (Lipinski definition) is 1. The van der Waals surface area contributed by atoms with Gasteiger partial charge in [0.15, 0.2) is 0 Å². The van der Waals surface area contributed by atoms with Crippen molar-refractivity contribution in [2.24, 2.45) is 11.1 Å². The lowest BCUT2D eigenvalue weighted by Crippen LogP contribution is -2.52. The third-order valence-corrected chi connectivity index (χ3v) is 4.35. The Hall–Kier alpha value is -0.930. The van der Waals surface area contributed by atoms with Gasteiger partial charge in [-0.3, -0.25) is 4.90 Å². The second-order valence-electron chi connectivity index (χ2n) is 6.84. The van der Waals surface area contributed by atoms with Crippen LogP contribution in [-0.4, -0.2) is 30.1 Å². The van der Waals surface area contributed by atoms with Crippen molar-refractivity contribution in [2.45, 2.75) is 39.2 Å². The molecule has 19 heavy (non-hydrogen) atoms. The van der Waals surface area contributed by atoms with Crippen LogP contribution in [0.3, 0.4) is 0 Å². The summed E-state index contributed by atoms with van der Waals surface area (Å²) in [5.41, 5.74) is 7.33. The van der Waals surface area contributed by atoms with Crippen molar-refractivity contribution in [3.63, 3.8) is 0 Å². The van der Waals surface area contributed by atoms with Crippen molar-refractivity contribution < 1.29 is 4.39 Å². The van der Waals surface area contributed by atoms with Crippen molar-refractivity contribution in [1.82, 2.24) is 4.90 Å². The van der Waals surface area contributed by atoms with Crippen LogP contribution < -0.4 is 5.73 Å². The van der Waals surface area contributed by atoms with Gasteiger partial charge in [-0.2, -0.15) is 0 Å². The SMILES string of the molecule is CC1(C)CCN(C(C)(CN)Cc2cccc(F)c2)C1. The molecule has 1 atom stereocenters. The smallest absolute Gasteiger partial charge is 0.123 e. The summed E-state index contributed by atoms with van der Waals surface area (Å²) < 4.78 is 13.3. The Bertz CT molecular complexity index is 444. The number of nitrogens with zero attached hydrogens (tertiary/aromatic N) is 1. The van der Waals surface area contributed by atoms with Gasteiger partial charge >= 0.3 is 0 Å². The highest BCUT2D eigenvalue weighted by Gasteiger charge is 2.39. The van der Waals surface area contributed by atoms with E-state index in [0.29, 0.717) is 12.0 Å². The van der Waals surface area contributed by atoms with Crippen LogP contribution in [0.15, 0.2) is 24.3 Å². The topological polar surface area (TPSA) is 29.3 Å². The molecule has 0 saturated carbocycles. The predicted molar refractivity (Wildman–Crippen MR) is 77.5 cm³/mol. The van der Waals surface area contributed by atoms with Crippen LogP contribution >= 0.6 is 0 Å². The van der Waals surface area contributed by atoms with E-state index in [1.54, 1.807) is 12.1 Å². The fourth-order valence-corrected chi connectivity index (χ4v) is 2.97. The van der Waals surface area contributed by atoms with Crippen molar-refractivity contribution in [1.29, 1.82) is 0 Å². The molecule has 1 saturated heterocycles. The zero-order chi connectivity index (χ0) is 14.1. The second-order valence-corrected chi connectivity index (χ2v) is 6.84. The molecule has 1 heterocycles. The van der Waals surface area contributed by atoms with Crippen molar-refractivity contribution in [3.05, 3.63) is 35.6 Å². The van der Waals surface area contributed by atoms with E-state index >= 15 is 0 Å². The molecule has 0 bridgehead atoms. The summed E-state index contributed by atoms with van der Waals surface area (Å²) >= 11 is 0. The van der Waals surface area contributed by atoms with E-state index in [2.05, 4.69) is 25.7 Å². The summed E-state index contributed by atoms with van der Waals surface area (Å²) in [6.45, 7) is 9.53. The number of rotatable bonds is 4. The van der Waals surface area contributed by atoms with Crippen LogP contribution in [-0.2, 0) is 6.42 Å². The molecule has 1 aromatic rings. The maximum absolute atomic E-state index is 13.3. The Morgan fingerprint density at radius 2 is 2.16 bits per heavy atom. The number of benzene rings is 1. The lowest BCUT2D eigenvalue weighted by atomic mass is 9.89. The third-order valence-electron chi connectivity index (χ3n) is 4.35. The van der Waals surface area contributed by atoms with Crippen LogP contribution in [0.4, 0.5) is 4.39 Å². The molecule has 0 spiro atoms. The lowest BCUT2D eigenvalue weighted by Gasteiger charge is -2.39. The number of hydrogen-bond acceptors (Lipinski definition) is 2. The summed E-state index contributed by atoms with van der Waals surface area (Å²) in [4.78, 5) is 2.47. The zero-order valence-corrected chi connectivity index (χ0v) is 12.2. The molecule has 1 aliphatic heterocycles. The minimum Gasteiger partial charge on any atom is -0.329 e. The van der Waals surface area contributed by atoms with Gasteiger partial charge in [0.25, 0.3) is 0 Å². The molecule has 1 fully saturated rings. The van der Waals surface area contributed by atoms with Gasteiger partial charge in [0, 0.05) is 18.6 Å². The number of nitrogens with two attached hydrogens (primary N) is 1. The highest BCUT2D eigenvalue weighted by molar-refractivity contribution is 5.19. The quantitative estimate of drug-likeness (QED) is 0.906. The lowest BCUT2D eigenvalue weighted by molar-refractivity contribution is 0.128. The standard InChI is InChI=1S/C16H25FN2/c1-15(2)7-8-19(12-15)16(3,11-18)10-13-5-4-6-14(17)9-13/h4-6,9H,7-8,10-12,18H2,1-3H3. The fourth-order valence-electron chi connectivity index (χ4n) is 2.97. The average Bonchev–Trinajstić information content (AvgIpc) is 2.70. The van der Waals surface area contributed by atoms with Gasteiger partial charge < -0.3 is 5.73 Å². The molecule has 0 radical (unpaired) electrons. The fraction of sp³-hybridized carbons (Fsp3) is 0.625. The minimum absolute atomic E-state index is 0.0818. The van der Waals surface area contributed by atoms with Crippen molar-refractivity contribution in [2.75, 3.05) is 19.6 Å². The van der Waals surface area contributed by atoms with Gasteiger partial charge in [-0.05, 0) is 49.4 Å². The number of halogens is 1. The van der Waals surface area contributed by atoms with Crippen LogP contribution in [0.1, 0.15) is 32.8 Å². The summed E-state index contributed by atoms with van der Waals surface area (Å²) in [6, 6.07) is 6.87. The van der Waals surface area contributed by atoms with E-state index in [9.17, 15) is 4.39 Å². The molecule has 106 valence electrons. The Morgan fingerprint density at radius 1 is 1.42 bits per heavy atom. The molecule has 0 amide bonds. The molecular formula is C16H25FN2. The minimum atomic E-state index is -0.168. The first-order valence-corrected chi connectivity index (χ1v) is 7.04. The molecule has 2 nitrogen and oxygen atoms in total. The molecule has 1 aliphatic rings. The van der Waals surface area contributed by atoms with Crippen LogP contribution in [0.25, 0.3) is 0 Å². The molecule has 1 unspecified atom stereocenters. The normalized spacial score (nSPS) is 22.4. The average molecular weight is 264 g/mol. The Kier molecular flexibility index (Phi) is 3.98. The first-order chi connectivity index (χ1) is 8.85. The highest BCUT2D eigenvalue weighted by atomic mass is 19.1. The van der Waals surface area contributed by atoms with E-state index in [-0.39, 0.29) is 11.4 Å². The van der Waals surface area contributed by atoms with Crippen molar-refractivity contribution in [3.8, 4) is 0 Å². The van der Waals surface area contributed by atoms with Gasteiger partial charge in [-0.25, -0.2) is 4.39 Å². The van der Waals surface area contributed by atoms with E-state index in [1.807, 2.05) is 6.07 Å². The maximum atomic E-state index is 13.3. The number of likely N-dealkylation sites (tertiary alicyclic amines) is 1. The Labute approximate surface area is 115 Å². The maximum Gasteiger partial charge on any atom is 0.123 e. The molecule has 0 aliphatic carbocycles. The first kappa shape index (κ1) is 14.5. The first-order valence-electron chi connectivity index (χ1n) is 7.04. The molecule has 2 rings (SSSR count). The second kappa shape index (κ2) is 5.22. The van der Waals surface area contributed by atoms with Gasteiger partial charge in [0.2, 0.25) is 0 Å². The van der Waals surface area contributed by atoms with Crippen LogP contribution in [0, 0.1) is 11.2 Å². The summed E-state index contributed by atoms with van der Waals surface area (Å²) in [5, 5.41) is 0. The molecular weight excluding hydrogens is 239 g/mol. The summed E-state index contributed by atoms with van der Waals surface area (Å²) in [7, 11) is 0. The third kappa shape index (κ3) is 3.34. The van der Waals surface area contributed by atoms with Crippen molar-refractivity contribution >= 4 is 0 Å². The molecule has 3 heteroatoms. The summed E-state index contributed by atoms with van der Waals surface area (Å²) in [5.74, 6) is -0.168. The van der Waals surface area contributed by atoms with Gasteiger partial charge in [-0.15, -0.1) is 0 Å². The van der Waals surface area contributed by atoms with E-state index in [4.69, 9.17) is 5.73 Å². The summed E-state index contributed by atoms with van der Waals surface area (Å²) in [6.07, 6.45) is 2.00. The zero-order valence-electron chi connectivity index (χ0n) is 12.2. The van der Waals surface area contributed by atoms with E-state index in [1.165, 1.54) is 12.5 Å². The Balaban J connectivity index is 2.14. The van der Waals surface area contributed by atoms with Gasteiger partial charge in [0.05, 0.1) is 0 Å². The van der Waals surface area contributed by atoms with Gasteiger partial charge in [-0.1, -0.05) is 26.0 Å². The van der Waals surface area contributed by atoms with E-state index < -0.39 is 0 Å². The van der Waals surface area contributed by atoms with Crippen LogP contribution in [0.5, 0.6) is 0 Å². The Morgan fingerprint density at radius 3 is 2.68 bits per heavy atom. The highest BCUT2D eigenvalue weighted by Crippen LogP contribution is 2.34. The predicted octanol–water partition coefficient (Wildman–Crippen LogP) is 2.82. The monoisotopic (exact) mass is 264 g/mol.